The Kier molecular flexibility index (Phi) is 7.80. The Morgan fingerprint density at radius 1 is 1.17 bits per heavy atom. The molecule has 0 unspecified atom stereocenters. The summed E-state index contributed by atoms with van der Waals surface area (Å²) < 4.78 is 17.6. The Balaban J connectivity index is 1.66. The molecule has 0 radical (unpaired) electrons. The molecule has 4 rings (SSSR count). The summed E-state index contributed by atoms with van der Waals surface area (Å²) in [6, 6.07) is 12.6. The number of para-hydroxylation sites is 1. The second kappa shape index (κ2) is 11.2. The number of carbonyl (C=O) groups excluding carboxylic acids is 1. The molecular formula is C27H31N3O5. The van der Waals surface area contributed by atoms with Gasteiger partial charge >= 0.3 is 5.97 Å². The van der Waals surface area contributed by atoms with Crippen LogP contribution in [0.2, 0.25) is 0 Å². The number of benzene rings is 2. The van der Waals surface area contributed by atoms with Crippen LogP contribution in [-0.2, 0) is 9.53 Å². The van der Waals surface area contributed by atoms with E-state index in [0.717, 1.165) is 25.7 Å². The van der Waals surface area contributed by atoms with Crippen LogP contribution in [0.25, 0.3) is 10.9 Å². The first kappa shape index (κ1) is 24.4. The molecule has 1 aromatic heterocycles. The molecule has 184 valence electrons. The molecular weight excluding hydrogens is 446 g/mol. The largest absolute Gasteiger partial charge is 0.493 e. The molecule has 0 saturated heterocycles. The lowest BCUT2D eigenvalue weighted by atomic mass is 9.88. The molecule has 1 aliphatic rings. The number of esters is 1. The van der Waals surface area contributed by atoms with Crippen LogP contribution in [0, 0.1) is 0 Å². The molecule has 0 N–H and O–H groups in total. The number of methoxy groups -OCH3 is 1. The van der Waals surface area contributed by atoms with Crippen molar-refractivity contribution in [3.8, 4) is 11.5 Å². The molecule has 35 heavy (non-hydrogen) atoms. The summed E-state index contributed by atoms with van der Waals surface area (Å²) >= 11 is 0. The van der Waals surface area contributed by atoms with Gasteiger partial charge < -0.3 is 14.2 Å². The van der Waals surface area contributed by atoms with Crippen LogP contribution in [0.1, 0.15) is 63.3 Å². The van der Waals surface area contributed by atoms with Gasteiger partial charge in [0.25, 0.3) is 5.56 Å². The van der Waals surface area contributed by atoms with Crippen LogP contribution >= 0.6 is 0 Å². The zero-order chi connectivity index (χ0) is 24.8. The Morgan fingerprint density at radius 3 is 2.69 bits per heavy atom. The predicted molar refractivity (Wildman–Crippen MR) is 135 cm³/mol. The van der Waals surface area contributed by atoms with E-state index in [1.165, 1.54) is 18.2 Å². The van der Waals surface area contributed by atoms with Crippen LogP contribution in [0.4, 0.5) is 0 Å². The normalized spacial score (nSPS) is 15.3. The van der Waals surface area contributed by atoms with Crippen molar-refractivity contribution in [1.29, 1.82) is 0 Å². The van der Waals surface area contributed by atoms with Gasteiger partial charge in [0.15, 0.2) is 17.6 Å². The summed E-state index contributed by atoms with van der Waals surface area (Å²) in [5.74, 6) is 1.32. The van der Waals surface area contributed by atoms with Crippen LogP contribution in [0.3, 0.4) is 0 Å². The Bertz CT molecular complexity index is 1280. The van der Waals surface area contributed by atoms with Gasteiger partial charge in [0.05, 0.1) is 30.8 Å². The van der Waals surface area contributed by atoms with Gasteiger partial charge in [-0.1, -0.05) is 31.4 Å². The molecule has 0 aliphatic heterocycles. The lowest BCUT2D eigenvalue weighted by Crippen LogP contribution is -2.26. The topological polar surface area (TPSA) is 92.0 Å². The van der Waals surface area contributed by atoms with Gasteiger partial charge in [-0.2, -0.15) is 9.78 Å². The van der Waals surface area contributed by atoms with E-state index in [9.17, 15) is 9.59 Å². The molecule has 1 saturated carbocycles. The highest BCUT2D eigenvalue weighted by molar-refractivity contribution is 5.82. The molecule has 0 bridgehead atoms. The monoisotopic (exact) mass is 477 g/mol. The van der Waals surface area contributed by atoms with E-state index in [1.54, 1.807) is 44.3 Å². The predicted octanol–water partition coefficient (Wildman–Crippen LogP) is 4.67. The van der Waals surface area contributed by atoms with E-state index in [-0.39, 0.29) is 18.1 Å². The highest BCUT2D eigenvalue weighted by Gasteiger charge is 2.22. The quantitative estimate of drug-likeness (QED) is 0.346. The summed E-state index contributed by atoms with van der Waals surface area (Å²) in [4.78, 5) is 30.1. The number of aromatic nitrogens is 2. The maximum atomic E-state index is 13.3. The molecule has 1 fully saturated rings. The summed E-state index contributed by atoms with van der Waals surface area (Å²) in [7, 11) is 1.52. The third-order valence-corrected chi connectivity index (χ3v) is 6.18. The third-order valence-electron chi connectivity index (χ3n) is 6.18. The molecule has 0 spiro atoms. The SMILES string of the molecule is CCOC(=O)[C@@H](C)Oc1ccc(C=Nn2c(C3CCCCC3)nc3ccccc3c2=O)cc1OC. The molecule has 2 aromatic carbocycles. The van der Waals surface area contributed by atoms with Crippen LogP contribution in [-0.4, -0.2) is 41.7 Å². The standard InChI is InChI=1S/C27H31N3O5/c1-4-34-27(32)18(2)35-23-15-14-19(16-24(23)33-3)17-28-30-25(20-10-6-5-7-11-20)29-22-13-9-8-12-21(22)26(30)31/h8-9,12-18,20H,4-7,10-11H2,1-3H3/t18-/m1/s1. The van der Waals surface area contributed by atoms with Crippen molar-refractivity contribution >= 4 is 23.1 Å². The van der Waals surface area contributed by atoms with E-state index >= 15 is 0 Å². The smallest absolute Gasteiger partial charge is 0.347 e. The highest BCUT2D eigenvalue weighted by Crippen LogP contribution is 2.32. The van der Waals surface area contributed by atoms with Gasteiger partial charge in [-0.05, 0) is 62.6 Å². The zero-order valence-corrected chi connectivity index (χ0v) is 20.4. The van der Waals surface area contributed by atoms with Crippen LogP contribution < -0.4 is 15.0 Å². The summed E-state index contributed by atoms with van der Waals surface area (Å²) in [6.07, 6.45) is 6.30. The number of nitrogens with zero attached hydrogens (tertiary/aromatic N) is 3. The number of fused-ring (bicyclic) bond motifs is 1. The lowest BCUT2D eigenvalue weighted by molar-refractivity contribution is -0.150. The molecule has 0 amide bonds. The third kappa shape index (κ3) is 5.53. The van der Waals surface area contributed by atoms with E-state index in [2.05, 4.69) is 5.10 Å². The minimum atomic E-state index is -0.774. The maximum Gasteiger partial charge on any atom is 0.347 e. The van der Waals surface area contributed by atoms with E-state index in [1.807, 2.05) is 18.2 Å². The van der Waals surface area contributed by atoms with Gasteiger partial charge in [0, 0.05) is 5.92 Å². The van der Waals surface area contributed by atoms with Gasteiger partial charge in [-0.25, -0.2) is 9.78 Å². The number of hydrogen-bond donors (Lipinski definition) is 0. The van der Waals surface area contributed by atoms with E-state index in [4.69, 9.17) is 19.2 Å². The van der Waals surface area contributed by atoms with Crippen molar-refractivity contribution in [3.63, 3.8) is 0 Å². The first-order valence-electron chi connectivity index (χ1n) is 12.1. The van der Waals surface area contributed by atoms with Crippen molar-refractivity contribution in [2.75, 3.05) is 13.7 Å². The maximum absolute atomic E-state index is 13.3. The van der Waals surface area contributed by atoms with E-state index in [0.29, 0.717) is 33.8 Å². The highest BCUT2D eigenvalue weighted by atomic mass is 16.6. The van der Waals surface area contributed by atoms with Crippen molar-refractivity contribution in [2.45, 2.75) is 58.0 Å². The summed E-state index contributed by atoms with van der Waals surface area (Å²) in [6.45, 7) is 3.65. The number of hydrogen-bond acceptors (Lipinski definition) is 7. The molecule has 8 nitrogen and oxygen atoms in total. The average Bonchev–Trinajstić information content (AvgIpc) is 2.89. The number of carbonyl (C=O) groups is 1. The van der Waals surface area contributed by atoms with Crippen LogP contribution in [0.5, 0.6) is 11.5 Å². The molecule has 1 atom stereocenters. The molecule has 3 aromatic rings. The van der Waals surface area contributed by atoms with Crippen molar-refractivity contribution in [2.24, 2.45) is 5.10 Å². The molecule has 1 heterocycles. The number of ether oxygens (including phenoxy) is 3. The molecule has 8 heteroatoms. The van der Waals surface area contributed by atoms with Gasteiger partial charge in [0.1, 0.15) is 5.82 Å². The fraction of sp³-hybridized carbons (Fsp3) is 0.407. The molecule has 1 aliphatic carbocycles. The zero-order valence-electron chi connectivity index (χ0n) is 20.4. The second-order valence-corrected chi connectivity index (χ2v) is 8.61. The first-order valence-corrected chi connectivity index (χ1v) is 12.1. The average molecular weight is 478 g/mol. The Hall–Kier alpha value is -3.68. The van der Waals surface area contributed by atoms with Crippen LogP contribution in [0.15, 0.2) is 52.4 Å². The minimum Gasteiger partial charge on any atom is -0.493 e. The van der Waals surface area contributed by atoms with Crippen molar-refractivity contribution in [1.82, 2.24) is 9.66 Å². The summed E-state index contributed by atoms with van der Waals surface area (Å²) in [5.41, 5.74) is 1.23. The lowest BCUT2D eigenvalue weighted by Gasteiger charge is -2.22. The fourth-order valence-corrected chi connectivity index (χ4v) is 4.36. The Labute approximate surface area is 204 Å². The van der Waals surface area contributed by atoms with Gasteiger partial charge in [-0.3, -0.25) is 4.79 Å². The van der Waals surface area contributed by atoms with Crippen molar-refractivity contribution in [3.05, 3.63) is 64.2 Å². The van der Waals surface area contributed by atoms with Gasteiger partial charge in [-0.15, -0.1) is 0 Å². The van der Waals surface area contributed by atoms with E-state index < -0.39 is 12.1 Å². The summed E-state index contributed by atoms with van der Waals surface area (Å²) in [5, 5.41) is 5.11. The van der Waals surface area contributed by atoms with Crippen molar-refractivity contribution < 1.29 is 19.0 Å². The fourth-order valence-electron chi connectivity index (χ4n) is 4.36. The first-order chi connectivity index (χ1) is 17.0. The Morgan fingerprint density at radius 2 is 1.94 bits per heavy atom. The number of rotatable bonds is 8. The van der Waals surface area contributed by atoms with Gasteiger partial charge in [0.2, 0.25) is 0 Å². The minimum absolute atomic E-state index is 0.178. The second-order valence-electron chi connectivity index (χ2n) is 8.61.